The van der Waals surface area contributed by atoms with E-state index < -0.39 is 0 Å². The van der Waals surface area contributed by atoms with Crippen molar-refractivity contribution in [3.05, 3.63) is 28.5 Å². The zero-order valence-corrected chi connectivity index (χ0v) is 11.9. The molecule has 1 rings (SSSR count). The van der Waals surface area contributed by atoms with Crippen LogP contribution < -0.4 is 10.1 Å². The van der Waals surface area contributed by atoms with Gasteiger partial charge in [0, 0.05) is 12.1 Å². The maximum Gasteiger partial charge on any atom is 0.136 e. The first-order valence-corrected chi connectivity index (χ1v) is 6.70. The molecule has 0 bridgehead atoms. The van der Waals surface area contributed by atoms with E-state index in [-0.39, 0.29) is 5.82 Å². The lowest BCUT2D eigenvalue weighted by molar-refractivity contribution is 0.302. The van der Waals surface area contributed by atoms with Crippen LogP contribution in [0.1, 0.15) is 26.7 Å². The number of nitrogens with one attached hydrogen (secondary N) is 1. The molecular weight excluding hydrogens is 285 g/mol. The molecule has 0 fully saturated rings. The third kappa shape index (κ3) is 6.03. The molecule has 0 atom stereocenters. The third-order valence-electron chi connectivity index (χ3n) is 2.27. The minimum absolute atomic E-state index is 0.273. The van der Waals surface area contributed by atoms with Gasteiger partial charge >= 0.3 is 0 Å². The highest BCUT2D eigenvalue weighted by Gasteiger charge is 2.02. The molecule has 0 saturated carbocycles. The minimum Gasteiger partial charge on any atom is -0.492 e. The molecule has 0 spiro atoms. The fourth-order valence-corrected chi connectivity index (χ4v) is 1.75. The Morgan fingerprint density at radius 1 is 1.35 bits per heavy atom. The number of hydrogen-bond donors (Lipinski definition) is 1. The largest absolute Gasteiger partial charge is 0.492 e. The van der Waals surface area contributed by atoms with Crippen molar-refractivity contribution in [1.29, 1.82) is 0 Å². The number of ether oxygens (including phenoxy) is 1. The fraction of sp³-hybridized carbons (Fsp3) is 0.538. The summed E-state index contributed by atoms with van der Waals surface area (Å²) < 4.78 is 19.3. The lowest BCUT2D eigenvalue weighted by Gasteiger charge is -2.09. The van der Waals surface area contributed by atoms with Gasteiger partial charge in [-0.3, -0.25) is 0 Å². The first-order valence-electron chi connectivity index (χ1n) is 5.91. The lowest BCUT2D eigenvalue weighted by Crippen LogP contribution is -2.23. The van der Waals surface area contributed by atoms with Crippen LogP contribution in [0.15, 0.2) is 22.7 Å². The Hall–Kier alpha value is -0.610. The van der Waals surface area contributed by atoms with Gasteiger partial charge < -0.3 is 10.1 Å². The van der Waals surface area contributed by atoms with E-state index in [1.54, 1.807) is 6.07 Å². The SMILES string of the molecule is CC(C)NCCCCOc1cc(F)ccc1Br. The Morgan fingerprint density at radius 3 is 2.82 bits per heavy atom. The van der Waals surface area contributed by atoms with Crippen molar-refractivity contribution in [2.75, 3.05) is 13.2 Å². The number of rotatable bonds is 7. The average molecular weight is 304 g/mol. The molecule has 0 aromatic heterocycles. The van der Waals surface area contributed by atoms with Gasteiger partial charge in [-0.2, -0.15) is 0 Å². The van der Waals surface area contributed by atoms with Crippen molar-refractivity contribution in [3.8, 4) is 5.75 Å². The monoisotopic (exact) mass is 303 g/mol. The standard InChI is InChI=1S/C13H19BrFNO/c1-10(2)16-7-3-4-8-17-13-9-11(15)5-6-12(13)14/h5-6,9-10,16H,3-4,7-8H2,1-2H3. The van der Waals surface area contributed by atoms with Crippen LogP contribution in [0.3, 0.4) is 0 Å². The molecule has 17 heavy (non-hydrogen) atoms. The maximum atomic E-state index is 13.0. The topological polar surface area (TPSA) is 21.3 Å². The van der Waals surface area contributed by atoms with Gasteiger partial charge in [0.1, 0.15) is 11.6 Å². The maximum absolute atomic E-state index is 13.0. The van der Waals surface area contributed by atoms with Crippen LogP contribution in [0.4, 0.5) is 4.39 Å². The van der Waals surface area contributed by atoms with Crippen LogP contribution in [0.5, 0.6) is 5.75 Å². The highest BCUT2D eigenvalue weighted by atomic mass is 79.9. The molecule has 0 heterocycles. The number of hydrogen-bond acceptors (Lipinski definition) is 2. The summed E-state index contributed by atoms with van der Waals surface area (Å²) in [5.74, 6) is 0.298. The molecule has 0 amide bonds. The summed E-state index contributed by atoms with van der Waals surface area (Å²) in [5.41, 5.74) is 0. The van der Waals surface area contributed by atoms with E-state index in [1.165, 1.54) is 12.1 Å². The zero-order valence-electron chi connectivity index (χ0n) is 10.3. The number of halogens is 2. The fourth-order valence-electron chi connectivity index (χ4n) is 1.39. The quantitative estimate of drug-likeness (QED) is 0.775. The molecule has 0 aliphatic heterocycles. The van der Waals surface area contributed by atoms with Crippen molar-refractivity contribution in [2.45, 2.75) is 32.7 Å². The average Bonchev–Trinajstić information content (AvgIpc) is 2.27. The van der Waals surface area contributed by atoms with Gasteiger partial charge in [0.2, 0.25) is 0 Å². The summed E-state index contributed by atoms with van der Waals surface area (Å²) in [7, 11) is 0. The molecule has 1 aromatic rings. The molecule has 1 N–H and O–H groups in total. The molecular formula is C13H19BrFNO. The second-order valence-electron chi connectivity index (χ2n) is 4.24. The summed E-state index contributed by atoms with van der Waals surface area (Å²) in [6, 6.07) is 4.98. The first-order chi connectivity index (χ1) is 8.09. The highest BCUT2D eigenvalue weighted by Crippen LogP contribution is 2.25. The Balaban J connectivity index is 2.20. The van der Waals surface area contributed by atoms with Gasteiger partial charge in [0.05, 0.1) is 11.1 Å². The predicted molar refractivity (Wildman–Crippen MR) is 72.0 cm³/mol. The van der Waals surface area contributed by atoms with Crippen LogP contribution in [-0.2, 0) is 0 Å². The van der Waals surface area contributed by atoms with E-state index >= 15 is 0 Å². The van der Waals surface area contributed by atoms with E-state index in [0.29, 0.717) is 18.4 Å². The van der Waals surface area contributed by atoms with Gasteiger partial charge in [-0.05, 0) is 47.4 Å². The van der Waals surface area contributed by atoms with Crippen LogP contribution in [0.2, 0.25) is 0 Å². The van der Waals surface area contributed by atoms with Gasteiger partial charge in [0.25, 0.3) is 0 Å². The summed E-state index contributed by atoms with van der Waals surface area (Å²) in [6.07, 6.45) is 2.02. The lowest BCUT2D eigenvalue weighted by atomic mass is 10.3. The molecule has 96 valence electrons. The van der Waals surface area contributed by atoms with E-state index in [2.05, 4.69) is 35.1 Å². The third-order valence-corrected chi connectivity index (χ3v) is 2.93. The minimum atomic E-state index is -0.273. The summed E-state index contributed by atoms with van der Waals surface area (Å²) >= 11 is 3.33. The summed E-state index contributed by atoms with van der Waals surface area (Å²) in [4.78, 5) is 0. The molecule has 0 radical (unpaired) electrons. The molecule has 0 unspecified atom stereocenters. The first kappa shape index (κ1) is 14.5. The molecule has 0 aliphatic rings. The number of benzene rings is 1. The summed E-state index contributed by atoms with van der Waals surface area (Å²) in [5, 5.41) is 3.34. The van der Waals surface area contributed by atoms with Gasteiger partial charge in [-0.1, -0.05) is 13.8 Å². The zero-order chi connectivity index (χ0) is 12.7. The van der Waals surface area contributed by atoms with Crippen molar-refractivity contribution < 1.29 is 9.13 Å². The molecule has 1 aromatic carbocycles. The van der Waals surface area contributed by atoms with Crippen LogP contribution in [0, 0.1) is 5.82 Å². The van der Waals surface area contributed by atoms with Gasteiger partial charge in [-0.25, -0.2) is 4.39 Å². The van der Waals surface area contributed by atoms with Crippen molar-refractivity contribution >= 4 is 15.9 Å². The molecule has 4 heteroatoms. The van der Waals surface area contributed by atoms with Crippen molar-refractivity contribution in [3.63, 3.8) is 0 Å². The number of unbranched alkanes of at least 4 members (excludes halogenated alkanes) is 1. The van der Waals surface area contributed by atoms with E-state index in [1.807, 2.05) is 0 Å². The van der Waals surface area contributed by atoms with E-state index in [0.717, 1.165) is 23.9 Å². The van der Waals surface area contributed by atoms with Crippen molar-refractivity contribution in [1.82, 2.24) is 5.32 Å². The van der Waals surface area contributed by atoms with Crippen molar-refractivity contribution in [2.24, 2.45) is 0 Å². The Labute approximate surface area is 111 Å². The van der Waals surface area contributed by atoms with E-state index in [4.69, 9.17) is 4.74 Å². The normalized spacial score (nSPS) is 10.9. The van der Waals surface area contributed by atoms with Gasteiger partial charge in [0.15, 0.2) is 0 Å². The smallest absolute Gasteiger partial charge is 0.136 e. The van der Waals surface area contributed by atoms with E-state index in [9.17, 15) is 4.39 Å². The Kier molecular flexibility index (Phi) is 6.52. The Morgan fingerprint density at radius 2 is 2.12 bits per heavy atom. The van der Waals surface area contributed by atoms with Crippen LogP contribution >= 0.6 is 15.9 Å². The second kappa shape index (κ2) is 7.67. The van der Waals surface area contributed by atoms with Crippen LogP contribution in [0.25, 0.3) is 0 Å². The molecule has 0 aliphatic carbocycles. The van der Waals surface area contributed by atoms with Gasteiger partial charge in [-0.15, -0.1) is 0 Å². The Bertz CT molecular complexity index is 344. The highest BCUT2D eigenvalue weighted by molar-refractivity contribution is 9.10. The summed E-state index contributed by atoms with van der Waals surface area (Å²) in [6.45, 7) is 5.86. The molecule has 2 nitrogen and oxygen atoms in total. The van der Waals surface area contributed by atoms with Crippen LogP contribution in [-0.4, -0.2) is 19.2 Å². The molecule has 0 saturated heterocycles. The predicted octanol–water partition coefficient (Wildman–Crippen LogP) is 3.75. The second-order valence-corrected chi connectivity index (χ2v) is 5.09.